The molecule has 0 saturated carbocycles. The van der Waals surface area contributed by atoms with Crippen LogP contribution in [0.1, 0.15) is 12.8 Å². The maximum absolute atomic E-state index is 11.8. The molecule has 1 N–H and O–H groups in total. The molecule has 1 aliphatic rings. The van der Waals surface area contributed by atoms with E-state index in [1.165, 1.54) is 7.11 Å². The van der Waals surface area contributed by atoms with Gasteiger partial charge in [-0.1, -0.05) is 0 Å². The van der Waals surface area contributed by atoms with E-state index < -0.39 is 7.52 Å². The first-order valence-electron chi connectivity index (χ1n) is 4.66. The Labute approximate surface area is 80.1 Å². The molecule has 0 aromatic heterocycles. The highest BCUT2D eigenvalue weighted by Crippen LogP contribution is 2.47. The van der Waals surface area contributed by atoms with Crippen LogP contribution in [0.15, 0.2) is 0 Å². The van der Waals surface area contributed by atoms with Crippen molar-refractivity contribution in [2.75, 3.05) is 33.9 Å². The maximum atomic E-state index is 11.8. The van der Waals surface area contributed by atoms with Gasteiger partial charge in [0, 0.05) is 32.9 Å². The van der Waals surface area contributed by atoms with Crippen LogP contribution in [0.3, 0.4) is 0 Å². The molecule has 1 heterocycles. The Morgan fingerprint density at radius 3 is 2.38 bits per heavy atom. The lowest BCUT2D eigenvalue weighted by Crippen LogP contribution is -2.39. The molecular formula is C8H19N2O2P. The lowest BCUT2D eigenvalue weighted by atomic mass is 10.1. The summed E-state index contributed by atoms with van der Waals surface area (Å²) in [7, 11) is 1.01. The lowest BCUT2D eigenvalue weighted by molar-refractivity contribution is 0.255. The zero-order valence-corrected chi connectivity index (χ0v) is 9.51. The topological polar surface area (TPSA) is 41.6 Å². The van der Waals surface area contributed by atoms with Crippen molar-refractivity contribution in [1.82, 2.24) is 9.99 Å². The van der Waals surface area contributed by atoms with E-state index in [1.807, 2.05) is 11.7 Å². The Hall–Kier alpha value is 0.110. The molecule has 0 amide bonds. The van der Waals surface area contributed by atoms with E-state index >= 15 is 0 Å². The molecular weight excluding hydrogens is 187 g/mol. The number of nitrogens with zero attached hydrogens (tertiary/aromatic N) is 1. The second kappa shape index (κ2) is 4.56. The van der Waals surface area contributed by atoms with Crippen LogP contribution in [0, 0.1) is 0 Å². The third kappa shape index (κ3) is 2.78. The first kappa shape index (κ1) is 11.2. The van der Waals surface area contributed by atoms with Crippen molar-refractivity contribution >= 4 is 7.52 Å². The summed E-state index contributed by atoms with van der Waals surface area (Å²) in [5.74, 6) is 0. The zero-order valence-electron chi connectivity index (χ0n) is 8.62. The van der Waals surface area contributed by atoms with Crippen molar-refractivity contribution in [3.8, 4) is 0 Å². The van der Waals surface area contributed by atoms with E-state index in [9.17, 15) is 4.57 Å². The summed E-state index contributed by atoms with van der Waals surface area (Å²) in [6, 6.07) is 0.577. The molecule has 1 atom stereocenters. The summed E-state index contributed by atoms with van der Waals surface area (Å²) in [6.07, 6.45) is 2.11. The van der Waals surface area contributed by atoms with Crippen LogP contribution in [-0.4, -0.2) is 44.6 Å². The van der Waals surface area contributed by atoms with E-state index in [0.717, 1.165) is 25.9 Å². The minimum Gasteiger partial charge on any atom is -0.321 e. The number of hydrogen-bond donors (Lipinski definition) is 1. The Kier molecular flexibility index (Phi) is 3.92. The number of piperidine rings is 1. The Morgan fingerprint density at radius 1 is 1.46 bits per heavy atom. The summed E-state index contributed by atoms with van der Waals surface area (Å²) >= 11 is 0. The van der Waals surface area contributed by atoms with Crippen LogP contribution in [-0.2, 0) is 9.09 Å². The van der Waals surface area contributed by atoms with Crippen LogP contribution in [0.4, 0.5) is 0 Å². The number of hydrogen-bond acceptors (Lipinski definition) is 3. The van der Waals surface area contributed by atoms with Crippen LogP contribution in [0.2, 0.25) is 0 Å². The molecule has 0 aromatic carbocycles. The molecule has 1 unspecified atom stereocenters. The van der Waals surface area contributed by atoms with E-state index in [4.69, 9.17) is 4.52 Å². The lowest BCUT2D eigenvalue weighted by Gasteiger charge is -2.34. The second-order valence-corrected chi connectivity index (χ2v) is 6.04. The van der Waals surface area contributed by atoms with Gasteiger partial charge in [0.1, 0.15) is 0 Å². The molecule has 1 aliphatic heterocycles. The van der Waals surface area contributed by atoms with Gasteiger partial charge in [0.05, 0.1) is 0 Å². The Morgan fingerprint density at radius 2 is 2.00 bits per heavy atom. The molecule has 13 heavy (non-hydrogen) atoms. The summed E-state index contributed by atoms with van der Waals surface area (Å²) in [5.41, 5.74) is 0. The van der Waals surface area contributed by atoms with Crippen LogP contribution in [0.5, 0.6) is 0 Å². The molecule has 4 nitrogen and oxygen atoms in total. The summed E-state index contributed by atoms with van der Waals surface area (Å²) in [4.78, 5) is 0. The first-order chi connectivity index (χ1) is 6.10. The smallest absolute Gasteiger partial charge is 0.269 e. The van der Waals surface area contributed by atoms with Crippen molar-refractivity contribution in [2.45, 2.75) is 18.9 Å². The molecule has 1 rings (SSSR count). The van der Waals surface area contributed by atoms with E-state index in [1.54, 1.807) is 6.66 Å². The van der Waals surface area contributed by atoms with Gasteiger partial charge >= 0.3 is 0 Å². The Balaban J connectivity index is 2.45. The molecule has 1 fully saturated rings. The first-order valence-corrected chi connectivity index (χ1v) is 6.68. The van der Waals surface area contributed by atoms with Gasteiger partial charge < -0.3 is 9.84 Å². The SMILES string of the molecule is CNC1CCN(P(C)(=O)OC)CC1. The predicted octanol–water partition coefficient (Wildman–Crippen LogP) is 1.14. The van der Waals surface area contributed by atoms with E-state index in [-0.39, 0.29) is 0 Å². The molecule has 1 saturated heterocycles. The van der Waals surface area contributed by atoms with Gasteiger partial charge in [-0.2, -0.15) is 0 Å². The summed E-state index contributed by atoms with van der Waals surface area (Å²) in [5, 5.41) is 3.24. The standard InChI is InChI=1S/C8H19N2O2P/c1-9-8-4-6-10(7-5-8)13(3,11)12-2/h8-9H,4-7H2,1-3H3. The minimum absolute atomic E-state index is 0.577. The maximum Gasteiger partial charge on any atom is 0.269 e. The van der Waals surface area contributed by atoms with Crippen molar-refractivity contribution in [3.05, 3.63) is 0 Å². The molecule has 0 bridgehead atoms. The van der Waals surface area contributed by atoms with Gasteiger partial charge in [0.25, 0.3) is 7.52 Å². The summed E-state index contributed by atoms with van der Waals surface area (Å²) < 4.78 is 18.8. The molecule has 5 heteroatoms. The molecule has 0 aromatic rings. The summed E-state index contributed by atoms with van der Waals surface area (Å²) in [6.45, 7) is 3.42. The van der Waals surface area contributed by atoms with E-state index in [0.29, 0.717) is 6.04 Å². The Bertz CT molecular complexity index is 202. The largest absolute Gasteiger partial charge is 0.321 e. The monoisotopic (exact) mass is 206 g/mol. The van der Waals surface area contributed by atoms with Crippen LogP contribution >= 0.6 is 7.52 Å². The van der Waals surface area contributed by atoms with Crippen LogP contribution < -0.4 is 5.32 Å². The van der Waals surface area contributed by atoms with Crippen molar-refractivity contribution in [3.63, 3.8) is 0 Å². The molecule has 0 radical (unpaired) electrons. The zero-order chi connectivity index (χ0) is 9.90. The van der Waals surface area contributed by atoms with Gasteiger partial charge in [-0.25, -0.2) is 4.67 Å². The highest BCUT2D eigenvalue weighted by molar-refractivity contribution is 7.55. The second-order valence-electron chi connectivity index (χ2n) is 3.50. The van der Waals surface area contributed by atoms with Gasteiger partial charge in [0.2, 0.25) is 0 Å². The molecule has 78 valence electrons. The third-order valence-electron chi connectivity index (χ3n) is 2.73. The quantitative estimate of drug-likeness (QED) is 0.703. The molecule has 0 aliphatic carbocycles. The number of nitrogens with one attached hydrogen (secondary N) is 1. The van der Waals surface area contributed by atoms with E-state index in [2.05, 4.69) is 5.32 Å². The fourth-order valence-corrected chi connectivity index (χ4v) is 2.82. The fourth-order valence-electron chi connectivity index (χ4n) is 1.63. The average molecular weight is 206 g/mol. The normalized spacial score (nSPS) is 25.8. The van der Waals surface area contributed by atoms with Crippen molar-refractivity contribution in [2.24, 2.45) is 0 Å². The predicted molar refractivity (Wildman–Crippen MR) is 54.2 cm³/mol. The van der Waals surface area contributed by atoms with Gasteiger partial charge in [-0.05, 0) is 19.9 Å². The van der Waals surface area contributed by atoms with Gasteiger partial charge in [-0.15, -0.1) is 0 Å². The highest BCUT2D eigenvalue weighted by atomic mass is 31.2. The number of rotatable bonds is 3. The van der Waals surface area contributed by atoms with Crippen molar-refractivity contribution in [1.29, 1.82) is 0 Å². The molecule has 0 spiro atoms. The third-order valence-corrected chi connectivity index (χ3v) is 4.84. The highest BCUT2D eigenvalue weighted by Gasteiger charge is 2.28. The minimum atomic E-state index is -2.48. The van der Waals surface area contributed by atoms with Crippen LogP contribution in [0.25, 0.3) is 0 Å². The fraction of sp³-hybridized carbons (Fsp3) is 1.00. The van der Waals surface area contributed by atoms with Crippen molar-refractivity contribution < 1.29 is 9.09 Å². The van der Waals surface area contributed by atoms with Gasteiger partial charge in [0.15, 0.2) is 0 Å². The average Bonchev–Trinajstić information content (AvgIpc) is 2.18. The van der Waals surface area contributed by atoms with Gasteiger partial charge in [-0.3, -0.25) is 4.57 Å².